The largest absolute Gasteiger partial charge is 0.496 e. The molecule has 1 amide bonds. The quantitative estimate of drug-likeness (QED) is 0.817. The maximum absolute atomic E-state index is 11.9. The smallest absolute Gasteiger partial charge is 0.224 e. The molecule has 2 rings (SSSR count). The average molecular weight is 262 g/mol. The van der Waals surface area contributed by atoms with Gasteiger partial charge in [-0.25, -0.2) is 0 Å². The van der Waals surface area contributed by atoms with Gasteiger partial charge in [-0.3, -0.25) is 4.79 Å². The van der Waals surface area contributed by atoms with E-state index in [1.54, 1.807) is 7.11 Å². The monoisotopic (exact) mass is 262 g/mol. The number of carbonyl (C=O) groups is 1. The fourth-order valence-electron chi connectivity index (χ4n) is 2.47. The zero-order valence-electron chi connectivity index (χ0n) is 11.4. The fraction of sp³-hybridized carbons (Fsp3) is 0.533. The molecule has 1 saturated heterocycles. The minimum Gasteiger partial charge on any atom is -0.496 e. The summed E-state index contributed by atoms with van der Waals surface area (Å²) in [6.45, 7) is 1.85. The van der Waals surface area contributed by atoms with Crippen LogP contribution in [0, 0.1) is 0 Å². The summed E-state index contributed by atoms with van der Waals surface area (Å²) in [4.78, 5) is 11.9. The van der Waals surface area contributed by atoms with Crippen LogP contribution in [-0.4, -0.2) is 32.1 Å². The van der Waals surface area contributed by atoms with Crippen LogP contribution in [-0.2, 0) is 11.2 Å². The first kappa shape index (κ1) is 13.9. The van der Waals surface area contributed by atoms with Crippen molar-refractivity contribution in [1.82, 2.24) is 10.6 Å². The second-order valence-electron chi connectivity index (χ2n) is 4.92. The number of ether oxygens (including phenoxy) is 1. The third kappa shape index (κ3) is 4.24. The molecule has 0 aliphatic carbocycles. The van der Waals surface area contributed by atoms with Gasteiger partial charge in [0.2, 0.25) is 5.91 Å². The zero-order valence-corrected chi connectivity index (χ0v) is 11.4. The number of nitrogens with one attached hydrogen (secondary N) is 2. The Labute approximate surface area is 114 Å². The van der Waals surface area contributed by atoms with Crippen molar-refractivity contribution < 1.29 is 9.53 Å². The Hall–Kier alpha value is -1.55. The van der Waals surface area contributed by atoms with Crippen LogP contribution in [0.3, 0.4) is 0 Å². The molecule has 1 heterocycles. The summed E-state index contributed by atoms with van der Waals surface area (Å²) in [6.07, 6.45) is 3.86. The Morgan fingerprint density at radius 2 is 2.32 bits per heavy atom. The predicted molar refractivity (Wildman–Crippen MR) is 75.3 cm³/mol. The highest BCUT2D eigenvalue weighted by Gasteiger charge is 2.14. The van der Waals surface area contributed by atoms with Crippen molar-refractivity contribution in [3.05, 3.63) is 29.8 Å². The van der Waals surface area contributed by atoms with Gasteiger partial charge in [0.25, 0.3) is 0 Å². The van der Waals surface area contributed by atoms with Crippen molar-refractivity contribution in [1.29, 1.82) is 0 Å². The van der Waals surface area contributed by atoms with E-state index in [1.165, 1.54) is 12.8 Å². The lowest BCUT2D eigenvalue weighted by Gasteiger charge is -2.11. The van der Waals surface area contributed by atoms with Crippen molar-refractivity contribution >= 4 is 5.91 Å². The minimum atomic E-state index is 0.0579. The molecule has 1 fully saturated rings. The second kappa shape index (κ2) is 7.14. The molecule has 1 aromatic carbocycles. The summed E-state index contributed by atoms with van der Waals surface area (Å²) in [6, 6.07) is 8.22. The summed E-state index contributed by atoms with van der Waals surface area (Å²) in [5, 5.41) is 6.40. The van der Waals surface area contributed by atoms with Crippen molar-refractivity contribution in [2.45, 2.75) is 31.7 Å². The summed E-state index contributed by atoms with van der Waals surface area (Å²) in [7, 11) is 1.63. The van der Waals surface area contributed by atoms with Crippen molar-refractivity contribution in [3.63, 3.8) is 0 Å². The van der Waals surface area contributed by atoms with Crippen LogP contribution in [0.2, 0.25) is 0 Å². The molecule has 0 aromatic heterocycles. The van der Waals surface area contributed by atoms with Crippen LogP contribution in [0.25, 0.3) is 0 Å². The van der Waals surface area contributed by atoms with Crippen LogP contribution in [0.15, 0.2) is 24.3 Å². The van der Waals surface area contributed by atoms with Crippen LogP contribution >= 0.6 is 0 Å². The van der Waals surface area contributed by atoms with Crippen molar-refractivity contribution in [2.75, 3.05) is 20.2 Å². The number of rotatable bonds is 6. The normalized spacial score (nSPS) is 18.3. The van der Waals surface area contributed by atoms with Crippen LogP contribution in [0.4, 0.5) is 0 Å². The van der Waals surface area contributed by atoms with E-state index in [9.17, 15) is 4.79 Å². The van der Waals surface area contributed by atoms with Gasteiger partial charge >= 0.3 is 0 Å². The predicted octanol–water partition coefficient (Wildman–Crippen LogP) is 1.50. The second-order valence-corrected chi connectivity index (χ2v) is 4.92. The molecule has 1 aliphatic heterocycles. The van der Waals surface area contributed by atoms with Gasteiger partial charge in [-0.15, -0.1) is 0 Å². The molecule has 1 aromatic rings. The first-order valence-corrected chi connectivity index (χ1v) is 6.91. The Bertz CT molecular complexity index is 414. The Morgan fingerprint density at radius 3 is 3.05 bits per heavy atom. The zero-order chi connectivity index (χ0) is 13.5. The molecule has 1 unspecified atom stereocenters. The van der Waals surface area contributed by atoms with Gasteiger partial charge in [0.05, 0.1) is 13.5 Å². The van der Waals surface area contributed by atoms with Gasteiger partial charge in [0.15, 0.2) is 0 Å². The molecule has 1 atom stereocenters. The molecule has 104 valence electrons. The first-order chi connectivity index (χ1) is 9.29. The van der Waals surface area contributed by atoms with E-state index >= 15 is 0 Å². The van der Waals surface area contributed by atoms with E-state index in [4.69, 9.17) is 4.74 Å². The van der Waals surface area contributed by atoms with Gasteiger partial charge < -0.3 is 15.4 Å². The van der Waals surface area contributed by atoms with Gasteiger partial charge in [-0.05, 0) is 31.9 Å². The molecule has 0 bridgehead atoms. The summed E-state index contributed by atoms with van der Waals surface area (Å²) < 4.78 is 5.24. The molecule has 4 nitrogen and oxygen atoms in total. The van der Waals surface area contributed by atoms with E-state index in [2.05, 4.69) is 10.6 Å². The molecule has 0 radical (unpaired) electrons. The number of carbonyl (C=O) groups excluding carboxylic acids is 1. The Balaban J connectivity index is 1.74. The van der Waals surface area contributed by atoms with Crippen molar-refractivity contribution in [3.8, 4) is 5.75 Å². The maximum Gasteiger partial charge on any atom is 0.224 e. The van der Waals surface area contributed by atoms with E-state index in [0.717, 1.165) is 30.8 Å². The van der Waals surface area contributed by atoms with Gasteiger partial charge in [0, 0.05) is 18.2 Å². The summed E-state index contributed by atoms with van der Waals surface area (Å²) >= 11 is 0. The lowest BCUT2D eigenvalue weighted by atomic mass is 10.1. The number of hydrogen-bond acceptors (Lipinski definition) is 3. The Kier molecular flexibility index (Phi) is 5.21. The lowest BCUT2D eigenvalue weighted by molar-refractivity contribution is -0.120. The van der Waals surface area contributed by atoms with Crippen LogP contribution in [0.5, 0.6) is 5.75 Å². The highest BCUT2D eigenvalue weighted by molar-refractivity contribution is 5.79. The Morgan fingerprint density at radius 1 is 1.47 bits per heavy atom. The van der Waals surface area contributed by atoms with Crippen LogP contribution < -0.4 is 15.4 Å². The molecule has 4 heteroatoms. The number of benzene rings is 1. The third-order valence-corrected chi connectivity index (χ3v) is 3.52. The van der Waals surface area contributed by atoms with Crippen LogP contribution in [0.1, 0.15) is 24.8 Å². The standard InChI is InChI=1S/C15H22N2O2/c1-19-14-7-3-2-5-12(14)11-15(18)17-10-8-13-6-4-9-16-13/h2-3,5,7,13,16H,4,6,8-11H2,1H3,(H,17,18). The molecule has 19 heavy (non-hydrogen) atoms. The van der Waals surface area contributed by atoms with Gasteiger partial charge in [-0.2, -0.15) is 0 Å². The molecule has 1 aliphatic rings. The third-order valence-electron chi connectivity index (χ3n) is 3.52. The highest BCUT2D eigenvalue weighted by atomic mass is 16.5. The van der Waals surface area contributed by atoms with E-state index < -0.39 is 0 Å². The minimum absolute atomic E-state index is 0.0579. The summed E-state index contributed by atoms with van der Waals surface area (Å²) in [5.74, 6) is 0.831. The SMILES string of the molecule is COc1ccccc1CC(=O)NCCC1CCCN1. The van der Waals surface area contributed by atoms with Gasteiger partial charge in [-0.1, -0.05) is 18.2 Å². The number of methoxy groups -OCH3 is 1. The maximum atomic E-state index is 11.9. The number of para-hydroxylation sites is 1. The molecule has 0 spiro atoms. The molecular weight excluding hydrogens is 240 g/mol. The molecule has 2 N–H and O–H groups in total. The molecular formula is C15H22N2O2. The van der Waals surface area contributed by atoms with E-state index in [-0.39, 0.29) is 5.91 Å². The van der Waals surface area contributed by atoms with E-state index in [0.29, 0.717) is 12.5 Å². The first-order valence-electron chi connectivity index (χ1n) is 6.91. The summed E-state index contributed by atoms with van der Waals surface area (Å²) in [5.41, 5.74) is 0.932. The lowest BCUT2D eigenvalue weighted by Crippen LogP contribution is -2.31. The number of hydrogen-bond donors (Lipinski definition) is 2. The average Bonchev–Trinajstić information content (AvgIpc) is 2.92. The number of amides is 1. The molecule has 0 saturated carbocycles. The van der Waals surface area contributed by atoms with E-state index in [1.807, 2.05) is 24.3 Å². The topological polar surface area (TPSA) is 50.4 Å². The highest BCUT2D eigenvalue weighted by Crippen LogP contribution is 2.17. The van der Waals surface area contributed by atoms with Crippen molar-refractivity contribution in [2.24, 2.45) is 0 Å². The fourth-order valence-corrected chi connectivity index (χ4v) is 2.47. The van der Waals surface area contributed by atoms with Gasteiger partial charge in [0.1, 0.15) is 5.75 Å².